The molecule has 0 radical (unpaired) electrons. The van der Waals surface area contributed by atoms with Gasteiger partial charge in [-0.25, -0.2) is 13.4 Å². The van der Waals surface area contributed by atoms with Crippen LogP contribution in [0.2, 0.25) is 0 Å². The van der Waals surface area contributed by atoms with Crippen molar-refractivity contribution in [1.29, 1.82) is 0 Å². The molecular formula is C16H20N2O3S2. The van der Waals surface area contributed by atoms with Gasteiger partial charge in [0.25, 0.3) is 0 Å². The third kappa shape index (κ3) is 4.45. The number of hydrogen-bond acceptors (Lipinski definition) is 5. The summed E-state index contributed by atoms with van der Waals surface area (Å²) in [4.78, 5) is 5.63. The Labute approximate surface area is 140 Å². The summed E-state index contributed by atoms with van der Waals surface area (Å²) in [6.45, 7) is 2.33. The van der Waals surface area contributed by atoms with Crippen LogP contribution in [0.25, 0.3) is 0 Å². The Bertz CT molecular complexity index is 757. The van der Waals surface area contributed by atoms with E-state index in [2.05, 4.69) is 16.6 Å². The zero-order chi connectivity index (χ0) is 16.3. The number of aryl methyl sites for hydroxylation is 1. The van der Waals surface area contributed by atoms with Crippen molar-refractivity contribution >= 4 is 26.5 Å². The highest BCUT2D eigenvalue weighted by atomic mass is 32.2. The fourth-order valence-electron chi connectivity index (χ4n) is 2.55. The zero-order valence-electron chi connectivity index (χ0n) is 13.0. The lowest BCUT2D eigenvalue weighted by molar-refractivity contribution is 0.341. The second-order valence-electron chi connectivity index (χ2n) is 5.82. The minimum absolute atomic E-state index is 0.0947. The van der Waals surface area contributed by atoms with Crippen LogP contribution in [0.15, 0.2) is 30.3 Å². The average molecular weight is 352 g/mol. The first kappa shape index (κ1) is 16.3. The highest BCUT2D eigenvalue weighted by molar-refractivity contribution is 7.92. The van der Waals surface area contributed by atoms with Gasteiger partial charge < -0.3 is 4.74 Å². The molecule has 0 fully saturated rings. The van der Waals surface area contributed by atoms with E-state index in [4.69, 9.17) is 4.74 Å². The number of ether oxygens (including phenoxy) is 1. The normalized spacial score (nSPS) is 17.5. The highest BCUT2D eigenvalue weighted by Gasteiger charge is 2.21. The molecule has 1 aliphatic carbocycles. The van der Waals surface area contributed by atoms with Crippen LogP contribution >= 0.6 is 11.3 Å². The van der Waals surface area contributed by atoms with Crippen LogP contribution in [0.1, 0.15) is 23.9 Å². The lowest BCUT2D eigenvalue weighted by atomic mass is 9.93. The molecule has 0 bridgehead atoms. The number of anilines is 1. The molecule has 1 N–H and O–H groups in total. The van der Waals surface area contributed by atoms with Crippen LogP contribution in [0.4, 0.5) is 5.13 Å². The molecule has 1 atom stereocenters. The number of thiazole rings is 1. The molecule has 0 aliphatic heterocycles. The minimum atomic E-state index is -3.44. The van der Waals surface area contributed by atoms with E-state index in [0.717, 1.165) is 25.0 Å². The van der Waals surface area contributed by atoms with Crippen LogP contribution in [0, 0.1) is 5.92 Å². The van der Waals surface area contributed by atoms with Crippen molar-refractivity contribution in [2.45, 2.75) is 26.2 Å². The largest absolute Gasteiger partial charge is 0.492 e. The lowest BCUT2D eigenvalue weighted by Gasteiger charge is -2.15. The molecule has 1 aromatic carbocycles. The molecular weight excluding hydrogens is 332 g/mol. The number of nitrogens with one attached hydrogen (secondary N) is 1. The van der Waals surface area contributed by atoms with E-state index >= 15 is 0 Å². The molecule has 1 aromatic heterocycles. The lowest BCUT2D eigenvalue weighted by Crippen LogP contribution is -2.21. The Balaban J connectivity index is 1.56. The van der Waals surface area contributed by atoms with Crippen molar-refractivity contribution in [3.63, 3.8) is 0 Å². The predicted octanol–water partition coefficient (Wildman–Crippen LogP) is 3.09. The fraction of sp³-hybridized carbons (Fsp3) is 0.438. The summed E-state index contributed by atoms with van der Waals surface area (Å²) in [5.74, 6) is 1.22. The fourth-order valence-corrected chi connectivity index (χ4v) is 4.84. The van der Waals surface area contributed by atoms with Crippen LogP contribution in [0.5, 0.6) is 5.75 Å². The molecule has 0 saturated heterocycles. The number of aromatic nitrogens is 1. The number of rotatable bonds is 6. The van der Waals surface area contributed by atoms with Crippen molar-refractivity contribution in [1.82, 2.24) is 4.98 Å². The number of benzene rings is 1. The molecule has 23 heavy (non-hydrogen) atoms. The molecule has 5 nitrogen and oxygen atoms in total. The Morgan fingerprint density at radius 3 is 2.91 bits per heavy atom. The third-order valence-corrected chi connectivity index (χ3v) is 6.17. The van der Waals surface area contributed by atoms with Crippen molar-refractivity contribution in [2.24, 2.45) is 5.92 Å². The zero-order valence-corrected chi connectivity index (χ0v) is 14.6. The van der Waals surface area contributed by atoms with Gasteiger partial charge in [0, 0.05) is 4.88 Å². The summed E-state index contributed by atoms with van der Waals surface area (Å²) in [6.07, 6.45) is 3.05. The molecule has 7 heteroatoms. The first-order valence-corrected chi connectivity index (χ1v) is 10.2. The van der Waals surface area contributed by atoms with Crippen molar-refractivity contribution < 1.29 is 13.2 Å². The second kappa shape index (κ2) is 6.88. The predicted molar refractivity (Wildman–Crippen MR) is 92.6 cm³/mol. The molecule has 1 aliphatic rings. The topological polar surface area (TPSA) is 68.3 Å². The van der Waals surface area contributed by atoms with Gasteiger partial charge >= 0.3 is 0 Å². The molecule has 0 amide bonds. The van der Waals surface area contributed by atoms with Gasteiger partial charge in [0.15, 0.2) is 5.13 Å². The summed E-state index contributed by atoms with van der Waals surface area (Å²) in [7, 11) is -3.44. The molecule has 124 valence electrons. The third-order valence-electron chi connectivity index (χ3n) is 3.79. The van der Waals surface area contributed by atoms with Gasteiger partial charge in [0.05, 0.1) is 5.69 Å². The molecule has 1 heterocycles. The Morgan fingerprint density at radius 1 is 1.35 bits per heavy atom. The van der Waals surface area contributed by atoms with E-state index in [9.17, 15) is 8.42 Å². The SMILES string of the molecule is CC1CCc2nc(NS(=O)(=O)CCOc3ccccc3)sc2C1. The van der Waals surface area contributed by atoms with Crippen LogP contribution in [-0.2, 0) is 22.9 Å². The van der Waals surface area contributed by atoms with E-state index in [1.165, 1.54) is 16.2 Å². The van der Waals surface area contributed by atoms with Gasteiger partial charge in [0.1, 0.15) is 18.1 Å². The Kier molecular flexibility index (Phi) is 4.87. The van der Waals surface area contributed by atoms with E-state index < -0.39 is 10.0 Å². The van der Waals surface area contributed by atoms with Crippen molar-refractivity contribution in [2.75, 3.05) is 17.1 Å². The van der Waals surface area contributed by atoms with Crippen LogP contribution in [0.3, 0.4) is 0 Å². The number of hydrogen-bond donors (Lipinski definition) is 1. The monoisotopic (exact) mass is 352 g/mol. The molecule has 2 aromatic rings. The maximum absolute atomic E-state index is 12.1. The first-order valence-electron chi connectivity index (χ1n) is 7.69. The van der Waals surface area contributed by atoms with E-state index in [-0.39, 0.29) is 12.4 Å². The van der Waals surface area contributed by atoms with E-state index in [1.807, 2.05) is 18.2 Å². The smallest absolute Gasteiger partial charge is 0.237 e. The molecule has 0 spiro atoms. The van der Waals surface area contributed by atoms with Gasteiger partial charge in [0.2, 0.25) is 10.0 Å². The minimum Gasteiger partial charge on any atom is -0.492 e. The Hall–Kier alpha value is -1.60. The summed E-state index contributed by atoms with van der Waals surface area (Å²) in [6, 6.07) is 9.19. The quantitative estimate of drug-likeness (QED) is 0.867. The van der Waals surface area contributed by atoms with Crippen molar-refractivity contribution in [3.8, 4) is 5.75 Å². The number of sulfonamides is 1. The second-order valence-corrected chi connectivity index (χ2v) is 8.74. The highest BCUT2D eigenvalue weighted by Crippen LogP contribution is 2.32. The van der Waals surface area contributed by atoms with Gasteiger partial charge in [-0.3, -0.25) is 4.72 Å². The van der Waals surface area contributed by atoms with Gasteiger partial charge in [-0.15, -0.1) is 11.3 Å². The van der Waals surface area contributed by atoms with Gasteiger partial charge in [-0.1, -0.05) is 25.1 Å². The van der Waals surface area contributed by atoms with E-state index in [1.54, 1.807) is 12.1 Å². The van der Waals surface area contributed by atoms with E-state index in [0.29, 0.717) is 16.8 Å². The summed E-state index contributed by atoms with van der Waals surface area (Å²) in [5.41, 5.74) is 1.05. The van der Waals surface area contributed by atoms with Gasteiger partial charge in [-0.05, 0) is 37.3 Å². The van der Waals surface area contributed by atoms with Gasteiger partial charge in [-0.2, -0.15) is 0 Å². The standard InChI is InChI=1S/C16H20N2O3S2/c1-12-7-8-14-15(11-12)22-16(17-14)18-23(19,20)10-9-21-13-5-3-2-4-6-13/h2-6,12H,7-11H2,1H3,(H,17,18). The van der Waals surface area contributed by atoms with Crippen LogP contribution in [-0.4, -0.2) is 25.8 Å². The van der Waals surface area contributed by atoms with Crippen LogP contribution < -0.4 is 9.46 Å². The number of nitrogens with zero attached hydrogens (tertiary/aromatic N) is 1. The summed E-state index contributed by atoms with van der Waals surface area (Å²) in [5, 5.41) is 0.476. The first-order chi connectivity index (χ1) is 11.0. The van der Waals surface area contributed by atoms with Crippen molar-refractivity contribution in [3.05, 3.63) is 40.9 Å². The maximum Gasteiger partial charge on any atom is 0.237 e. The summed E-state index contributed by atoms with van der Waals surface area (Å²) >= 11 is 1.45. The molecule has 1 unspecified atom stereocenters. The number of fused-ring (bicyclic) bond motifs is 1. The maximum atomic E-state index is 12.1. The molecule has 0 saturated carbocycles. The summed E-state index contributed by atoms with van der Waals surface area (Å²) < 4.78 is 32.3. The Morgan fingerprint density at radius 2 is 2.13 bits per heavy atom. The average Bonchev–Trinajstić information content (AvgIpc) is 2.88. The number of para-hydroxylation sites is 1. The molecule has 3 rings (SSSR count).